The molecule has 0 aliphatic heterocycles. The minimum Gasteiger partial charge on any atom is -0.385 e. The minimum atomic E-state index is 0.111. The van der Waals surface area contributed by atoms with Gasteiger partial charge in [-0.15, -0.1) is 0 Å². The third kappa shape index (κ3) is 13.3. The lowest BCUT2D eigenvalue weighted by Crippen LogP contribution is -2.29. The third-order valence-electron chi connectivity index (χ3n) is 2.16. The van der Waals surface area contributed by atoms with Crippen molar-refractivity contribution < 1.29 is 14.3 Å². The lowest BCUT2D eigenvalue weighted by atomic mass is 10.3. The van der Waals surface area contributed by atoms with Gasteiger partial charge in [-0.1, -0.05) is 6.92 Å². The number of amides is 1. The van der Waals surface area contributed by atoms with Crippen LogP contribution in [0.3, 0.4) is 0 Å². The highest BCUT2D eigenvalue weighted by atomic mass is 16.5. The molecule has 1 amide bonds. The zero-order valence-corrected chi connectivity index (χ0v) is 11.1. The molecule has 0 fully saturated rings. The maximum absolute atomic E-state index is 11.2. The van der Waals surface area contributed by atoms with Gasteiger partial charge in [0.25, 0.3) is 0 Å². The van der Waals surface area contributed by atoms with Crippen molar-refractivity contribution in [2.24, 2.45) is 0 Å². The first-order valence-electron chi connectivity index (χ1n) is 6.35. The van der Waals surface area contributed by atoms with Crippen LogP contribution in [0.4, 0.5) is 0 Å². The summed E-state index contributed by atoms with van der Waals surface area (Å²) in [5.41, 5.74) is 0. The van der Waals surface area contributed by atoms with Gasteiger partial charge in [0, 0.05) is 46.4 Å². The van der Waals surface area contributed by atoms with Gasteiger partial charge in [-0.05, 0) is 12.8 Å². The molecule has 0 aromatic heterocycles. The Morgan fingerprint density at radius 3 is 2.65 bits per heavy atom. The first kappa shape index (κ1) is 16.4. The third-order valence-corrected chi connectivity index (χ3v) is 2.16. The molecule has 0 bridgehead atoms. The van der Waals surface area contributed by atoms with Gasteiger partial charge in [0.1, 0.15) is 0 Å². The SMILES string of the molecule is CCCNC(=O)CCNCCOCCCOC. The molecule has 0 rings (SSSR count). The predicted molar refractivity (Wildman–Crippen MR) is 68.1 cm³/mol. The van der Waals surface area contributed by atoms with E-state index in [1.54, 1.807) is 7.11 Å². The van der Waals surface area contributed by atoms with E-state index < -0.39 is 0 Å². The largest absolute Gasteiger partial charge is 0.385 e. The van der Waals surface area contributed by atoms with Gasteiger partial charge in [-0.3, -0.25) is 4.79 Å². The van der Waals surface area contributed by atoms with Crippen LogP contribution in [0.15, 0.2) is 0 Å². The van der Waals surface area contributed by atoms with Crippen molar-refractivity contribution in [1.29, 1.82) is 0 Å². The molecule has 0 aliphatic rings. The van der Waals surface area contributed by atoms with Crippen molar-refractivity contribution in [3.05, 3.63) is 0 Å². The molecule has 0 aromatic rings. The number of carbonyl (C=O) groups is 1. The molecule has 0 aromatic carbocycles. The molecule has 0 radical (unpaired) electrons. The highest BCUT2D eigenvalue weighted by Gasteiger charge is 1.98. The van der Waals surface area contributed by atoms with E-state index in [0.717, 1.165) is 39.1 Å². The molecule has 2 N–H and O–H groups in total. The Morgan fingerprint density at radius 2 is 1.94 bits per heavy atom. The van der Waals surface area contributed by atoms with E-state index in [-0.39, 0.29) is 5.91 Å². The molecule has 0 spiro atoms. The van der Waals surface area contributed by atoms with Gasteiger partial charge < -0.3 is 20.1 Å². The Balaban J connectivity index is 3.05. The molecular weight excluding hydrogens is 220 g/mol. The van der Waals surface area contributed by atoms with Gasteiger partial charge in [-0.25, -0.2) is 0 Å². The fraction of sp³-hybridized carbons (Fsp3) is 0.917. The summed E-state index contributed by atoms with van der Waals surface area (Å²) in [6, 6.07) is 0. The van der Waals surface area contributed by atoms with E-state index in [1.165, 1.54) is 0 Å². The van der Waals surface area contributed by atoms with Crippen LogP contribution in [0.2, 0.25) is 0 Å². The topological polar surface area (TPSA) is 59.6 Å². The molecule has 5 nitrogen and oxygen atoms in total. The normalized spacial score (nSPS) is 10.5. The van der Waals surface area contributed by atoms with E-state index in [4.69, 9.17) is 9.47 Å². The second kappa shape index (κ2) is 13.4. The molecule has 0 heterocycles. The monoisotopic (exact) mass is 246 g/mol. The Kier molecular flexibility index (Phi) is 12.9. The lowest BCUT2D eigenvalue weighted by Gasteiger charge is -2.06. The number of rotatable bonds is 12. The molecule has 17 heavy (non-hydrogen) atoms. The Bertz CT molecular complexity index is 177. The summed E-state index contributed by atoms with van der Waals surface area (Å²) in [4.78, 5) is 11.2. The van der Waals surface area contributed by atoms with Gasteiger partial charge in [-0.2, -0.15) is 0 Å². The van der Waals surface area contributed by atoms with Crippen LogP contribution in [0.1, 0.15) is 26.2 Å². The number of ether oxygens (including phenoxy) is 2. The summed E-state index contributed by atoms with van der Waals surface area (Å²) in [7, 11) is 1.69. The van der Waals surface area contributed by atoms with Gasteiger partial charge in [0.2, 0.25) is 5.91 Å². The molecular formula is C12H26N2O3. The van der Waals surface area contributed by atoms with E-state index >= 15 is 0 Å². The van der Waals surface area contributed by atoms with Crippen LogP contribution in [0, 0.1) is 0 Å². The lowest BCUT2D eigenvalue weighted by molar-refractivity contribution is -0.120. The fourth-order valence-electron chi connectivity index (χ4n) is 1.23. The number of hydrogen-bond acceptors (Lipinski definition) is 4. The number of carbonyl (C=O) groups excluding carboxylic acids is 1. The van der Waals surface area contributed by atoms with Crippen molar-refractivity contribution in [3.63, 3.8) is 0 Å². The van der Waals surface area contributed by atoms with Gasteiger partial charge in [0.05, 0.1) is 6.61 Å². The number of methoxy groups -OCH3 is 1. The second-order valence-electron chi connectivity index (χ2n) is 3.81. The molecule has 0 unspecified atom stereocenters. The summed E-state index contributed by atoms with van der Waals surface area (Å²) < 4.78 is 10.3. The van der Waals surface area contributed by atoms with Gasteiger partial charge in [0.15, 0.2) is 0 Å². The first-order valence-corrected chi connectivity index (χ1v) is 6.35. The first-order chi connectivity index (χ1) is 8.31. The van der Waals surface area contributed by atoms with Crippen LogP contribution in [0.25, 0.3) is 0 Å². The van der Waals surface area contributed by atoms with Crippen LogP contribution < -0.4 is 10.6 Å². The van der Waals surface area contributed by atoms with Crippen LogP contribution >= 0.6 is 0 Å². The fourth-order valence-corrected chi connectivity index (χ4v) is 1.23. The van der Waals surface area contributed by atoms with Crippen LogP contribution in [-0.2, 0) is 14.3 Å². The summed E-state index contributed by atoms with van der Waals surface area (Å²) in [6.07, 6.45) is 2.44. The van der Waals surface area contributed by atoms with Crippen molar-refractivity contribution in [3.8, 4) is 0 Å². The maximum atomic E-state index is 11.2. The average Bonchev–Trinajstić information content (AvgIpc) is 2.34. The van der Waals surface area contributed by atoms with E-state index in [1.807, 2.05) is 6.92 Å². The summed E-state index contributed by atoms with van der Waals surface area (Å²) in [5, 5.41) is 6.00. The molecule has 5 heteroatoms. The summed E-state index contributed by atoms with van der Waals surface area (Å²) in [5.74, 6) is 0.111. The summed E-state index contributed by atoms with van der Waals surface area (Å²) >= 11 is 0. The molecule has 0 atom stereocenters. The van der Waals surface area contributed by atoms with E-state index in [2.05, 4.69) is 10.6 Å². The molecule has 102 valence electrons. The van der Waals surface area contributed by atoms with Crippen molar-refractivity contribution in [1.82, 2.24) is 10.6 Å². The Labute approximate surface area is 104 Å². The Hall–Kier alpha value is -0.650. The summed E-state index contributed by atoms with van der Waals surface area (Å²) in [6.45, 7) is 6.45. The number of hydrogen-bond donors (Lipinski definition) is 2. The minimum absolute atomic E-state index is 0.111. The second-order valence-corrected chi connectivity index (χ2v) is 3.81. The average molecular weight is 246 g/mol. The van der Waals surface area contributed by atoms with Crippen LogP contribution in [0.5, 0.6) is 0 Å². The molecule has 0 saturated heterocycles. The standard InChI is InChI=1S/C12H26N2O3/c1-3-6-14-12(15)5-7-13-8-11-17-10-4-9-16-2/h13H,3-11H2,1-2H3,(H,14,15). The maximum Gasteiger partial charge on any atom is 0.221 e. The van der Waals surface area contributed by atoms with Gasteiger partial charge >= 0.3 is 0 Å². The zero-order chi connectivity index (χ0) is 12.8. The van der Waals surface area contributed by atoms with E-state index in [9.17, 15) is 4.79 Å². The Morgan fingerprint density at radius 1 is 1.12 bits per heavy atom. The van der Waals surface area contributed by atoms with Crippen molar-refractivity contribution in [2.45, 2.75) is 26.2 Å². The quantitative estimate of drug-likeness (QED) is 0.494. The highest BCUT2D eigenvalue weighted by molar-refractivity contribution is 5.75. The predicted octanol–water partition coefficient (Wildman–Crippen LogP) is 0.545. The highest BCUT2D eigenvalue weighted by Crippen LogP contribution is 1.83. The van der Waals surface area contributed by atoms with E-state index in [0.29, 0.717) is 19.6 Å². The molecule has 0 saturated carbocycles. The number of nitrogens with one attached hydrogen (secondary N) is 2. The smallest absolute Gasteiger partial charge is 0.221 e. The van der Waals surface area contributed by atoms with Crippen molar-refractivity contribution >= 4 is 5.91 Å². The van der Waals surface area contributed by atoms with Crippen molar-refractivity contribution in [2.75, 3.05) is 46.6 Å². The van der Waals surface area contributed by atoms with Crippen LogP contribution in [-0.4, -0.2) is 52.5 Å². The zero-order valence-electron chi connectivity index (χ0n) is 11.1. The molecule has 0 aliphatic carbocycles.